The maximum absolute atomic E-state index is 13.3. The Morgan fingerprint density at radius 2 is 2.06 bits per heavy atom. The molecule has 0 atom stereocenters. The van der Waals surface area contributed by atoms with Crippen molar-refractivity contribution in [2.24, 2.45) is 5.73 Å². The zero-order chi connectivity index (χ0) is 12.3. The second-order valence-electron chi connectivity index (χ2n) is 2.73. The van der Waals surface area contributed by atoms with Crippen LogP contribution in [-0.4, -0.2) is 17.0 Å². The summed E-state index contributed by atoms with van der Waals surface area (Å²) in [4.78, 5) is 20.9. The maximum atomic E-state index is 13.3. The number of amides is 1. The Labute approximate surface area is 94.8 Å². The van der Waals surface area contributed by atoms with E-state index in [4.69, 9.17) is 22.4 Å². The minimum Gasteiger partial charge on any atom is -0.478 e. The Hall–Kier alpha value is -2.06. The first kappa shape index (κ1) is 12.0. The number of primary amides is 1. The highest BCUT2D eigenvalue weighted by atomic mass is 35.5. The molecule has 0 aliphatic rings. The number of hydrogen-bond donors (Lipinski definition) is 2. The predicted octanol–water partition coefficient (Wildman–Crippen LogP) is 1.01. The highest BCUT2D eigenvalue weighted by Gasteiger charge is 2.12. The van der Waals surface area contributed by atoms with Crippen molar-refractivity contribution in [2.75, 3.05) is 0 Å². The minimum absolute atomic E-state index is 0.164. The largest absolute Gasteiger partial charge is 0.478 e. The molecule has 1 aromatic carbocycles. The van der Waals surface area contributed by atoms with Crippen LogP contribution in [0.4, 0.5) is 4.39 Å². The van der Waals surface area contributed by atoms with Gasteiger partial charge in [0.15, 0.2) is 0 Å². The summed E-state index contributed by atoms with van der Waals surface area (Å²) >= 11 is 5.58. The van der Waals surface area contributed by atoms with Crippen LogP contribution in [0.25, 0.3) is 0 Å². The van der Waals surface area contributed by atoms with Gasteiger partial charge in [0.05, 0.1) is 16.1 Å². The molecule has 0 spiro atoms. The number of nitrogens with two attached hydrogens (primary N) is 1. The van der Waals surface area contributed by atoms with E-state index in [2.05, 4.69) is 5.92 Å². The van der Waals surface area contributed by atoms with E-state index in [0.29, 0.717) is 0 Å². The smallest absolute Gasteiger partial charge is 0.337 e. The van der Waals surface area contributed by atoms with Crippen LogP contribution in [-0.2, 0) is 4.79 Å². The average molecular weight is 242 g/mol. The normalized spacial score (nSPS) is 9.12. The van der Waals surface area contributed by atoms with Crippen LogP contribution in [0.2, 0.25) is 5.02 Å². The third-order valence-corrected chi connectivity index (χ3v) is 1.92. The van der Waals surface area contributed by atoms with Crippen LogP contribution in [0.3, 0.4) is 0 Å². The second kappa shape index (κ2) is 4.64. The number of benzene rings is 1. The van der Waals surface area contributed by atoms with Crippen molar-refractivity contribution in [1.29, 1.82) is 0 Å². The number of carboxylic acids is 1. The molecule has 0 saturated carbocycles. The third-order valence-electron chi connectivity index (χ3n) is 1.61. The summed E-state index contributed by atoms with van der Waals surface area (Å²) in [5.41, 5.74) is 4.19. The Bertz CT molecular complexity index is 531. The molecule has 0 aliphatic heterocycles. The highest BCUT2D eigenvalue weighted by Crippen LogP contribution is 2.20. The summed E-state index contributed by atoms with van der Waals surface area (Å²) in [6, 6.07) is 1.76. The summed E-state index contributed by atoms with van der Waals surface area (Å²) in [5.74, 6) is 0.917. The second-order valence-corrected chi connectivity index (χ2v) is 3.14. The zero-order valence-corrected chi connectivity index (χ0v) is 8.51. The average Bonchev–Trinajstić information content (AvgIpc) is 2.18. The van der Waals surface area contributed by atoms with E-state index in [1.54, 1.807) is 0 Å². The first-order valence-electron chi connectivity index (χ1n) is 3.95. The number of carbonyl (C=O) groups is 2. The van der Waals surface area contributed by atoms with Gasteiger partial charge in [0, 0.05) is 5.92 Å². The predicted molar refractivity (Wildman–Crippen MR) is 54.4 cm³/mol. The van der Waals surface area contributed by atoms with Gasteiger partial charge in [-0.2, -0.15) is 0 Å². The molecule has 0 aliphatic carbocycles. The van der Waals surface area contributed by atoms with Crippen LogP contribution >= 0.6 is 11.6 Å². The fourth-order valence-corrected chi connectivity index (χ4v) is 1.18. The molecular weight excluding hydrogens is 237 g/mol. The third kappa shape index (κ3) is 2.72. The van der Waals surface area contributed by atoms with Crippen LogP contribution in [0, 0.1) is 17.7 Å². The van der Waals surface area contributed by atoms with Crippen molar-refractivity contribution < 1.29 is 19.1 Å². The molecule has 0 unspecified atom stereocenters. The lowest BCUT2D eigenvalue weighted by atomic mass is 10.1. The van der Waals surface area contributed by atoms with Gasteiger partial charge in [0.25, 0.3) is 5.91 Å². The van der Waals surface area contributed by atoms with Gasteiger partial charge in [-0.15, -0.1) is 0 Å². The van der Waals surface area contributed by atoms with E-state index in [1.807, 2.05) is 5.92 Å². The lowest BCUT2D eigenvalue weighted by Gasteiger charge is -2.00. The van der Waals surface area contributed by atoms with Crippen LogP contribution in [0.15, 0.2) is 12.1 Å². The summed E-state index contributed by atoms with van der Waals surface area (Å²) in [7, 11) is 0. The Morgan fingerprint density at radius 1 is 1.44 bits per heavy atom. The number of aromatic carboxylic acids is 1. The van der Waals surface area contributed by atoms with Gasteiger partial charge < -0.3 is 10.8 Å². The van der Waals surface area contributed by atoms with Gasteiger partial charge in [0.1, 0.15) is 5.82 Å². The minimum atomic E-state index is -1.35. The molecule has 0 aromatic heterocycles. The van der Waals surface area contributed by atoms with Crippen molar-refractivity contribution in [1.82, 2.24) is 0 Å². The fraction of sp³-hybridized carbons (Fsp3) is 0. The molecule has 1 rings (SSSR count). The number of rotatable bonds is 1. The molecule has 3 N–H and O–H groups in total. The SMILES string of the molecule is NC(=O)C#Cc1cc(Cl)c(C(=O)O)cc1F. The molecule has 1 aromatic rings. The summed E-state index contributed by atoms with van der Waals surface area (Å²) < 4.78 is 13.3. The molecular formula is C10H5ClFNO3. The van der Waals surface area contributed by atoms with Crippen molar-refractivity contribution in [2.45, 2.75) is 0 Å². The summed E-state index contributed by atoms with van der Waals surface area (Å²) in [6.07, 6.45) is 0. The molecule has 0 bridgehead atoms. The Balaban J connectivity index is 3.27. The van der Waals surface area contributed by atoms with Gasteiger partial charge in [-0.05, 0) is 12.1 Å². The molecule has 82 valence electrons. The van der Waals surface area contributed by atoms with Crippen molar-refractivity contribution in [3.05, 3.63) is 34.1 Å². The number of carbonyl (C=O) groups excluding carboxylic acids is 1. The molecule has 0 radical (unpaired) electrons. The first-order chi connectivity index (χ1) is 7.41. The number of halogens is 2. The van der Waals surface area contributed by atoms with Gasteiger partial charge >= 0.3 is 5.97 Å². The maximum Gasteiger partial charge on any atom is 0.337 e. The van der Waals surface area contributed by atoms with Gasteiger partial charge in [-0.1, -0.05) is 17.5 Å². The fourth-order valence-electron chi connectivity index (χ4n) is 0.935. The summed E-state index contributed by atoms with van der Waals surface area (Å²) in [5, 5.41) is 8.47. The van der Waals surface area contributed by atoms with E-state index in [0.717, 1.165) is 12.1 Å². The van der Waals surface area contributed by atoms with Crippen LogP contribution < -0.4 is 5.73 Å². The molecule has 16 heavy (non-hydrogen) atoms. The van der Waals surface area contributed by atoms with E-state index in [1.165, 1.54) is 0 Å². The van der Waals surface area contributed by atoms with E-state index < -0.39 is 17.7 Å². The van der Waals surface area contributed by atoms with Gasteiger partial charge in [0.2, 0.25) is 0 Å². The van der Waals surface area contributed by atoms with Crippen molar-refractivity contribution in [3.8, 4) is 11.8 Å². The van der Waals surface area contributed by atoms with E-state index in [-0.39, 0.29) is 16.1 Å². The van der Waals surface area contributed by atoms with Gasteiger partial charge in [-0.25, -0.2) is 9.18 Å². The molecule has 0 fully saturated rings. The highest BCUT2D eigenvalue weighted by molar-refractivity contribution is 6.33. The monoisotopic (exact) mass is 241 g/mol. The molecule has 0 saturated heterocycles. The van der Waals surface area contributed by atoms with E-state index >= 15 is 0 Å². The van der Waals surface area contributed by atoms with Crippen molar-refractivity contribution >= 4 is 23.5 Å². The Morgan fingerprint density at radius 3 is 2.56 bits per heavy atom. The molecule has 6 heteroatoms. The van der Waals surface area contributed by atoms with Crippen LogP contribution in [0.1, 0.15) is 15.9 Å². The number of carboxylic acid groups (broad SMARTS) is 1. The Kier molecular flexibility index (Phi) is 3.48. The first-order valence-corrected chi connectivity index (χ1v) is 4.33. The molecule has 1 amide bonds. The molecule has 4 nitrogen and oxygen atoms in total. The topological polar surface area (TPSA) is 80.4 Å². The molecule has 0 heterocycles. The van der Waals surface area contributed by atoms with Crippen molar-refractivity contribution in [3.63, 3.8) is 0 Å². The van der Waals surface area contributed by atoms with Gasteiger partial charge in [-0.3, -0.25) is 4.79 Å². The van der Waals surface area contributed by atoms with Crippen LogP contribution in [0.5, 0.6) is 0 Å². The van der Waals surface area contributed by atoms with E-state index in [9.17, 15) is 14.0 Å². The standard InChI is InChI=1S/C10H5ClFNO3/c11-7-3-5(1-2-9(13)14)8(12)4-6(7)10(15)16/h3-4H,(H2,13,14)(H,15,16). The lowest BCUT2D eigenvalue weighted by Crippen LogP contribution is -2.06. The number of hydrogen-bond acceptors (Lipinski definition) is 2. The quantitative estimate of drug-likeness (QED) is 0.720. The zero-order valence-electron chi connectivity index (χ0n) is 7.75. The summed E-state index contributed by atoms with van der Waals surface area (Å²) in [6.45, 7) is 0. The lowest BCUT2D eigenvalue weighted by molar-refractivity contribution is -0.112.